The van der Waals surface area contributed by atoms with Crippen LogP contribution in [-0.4, -0.2) is 137 Å². The number of amides is 1. The molecule has 5 rings (SSSR count). The maximum Gasteiger partial charge on any atom is 0.335 e. The van der Waals surface area contributed by atoms with Gasteiger partial charge in [0.2, 0.25) is 12.1 Å². The van der Waals surface area contributed by atoms with Crippen LogP contribution in [0.25, 0.3) is 5.76 Å². The summed E-state index contributed by atoms with van der Waals surface area (Å²) in [6.45, 7) is 1.15. The van der Waals surface area contributed by atoms with Crippen molar-refractivity contribution in [1.82, 2.24) is 4.90 Å². The quantitative estimate of drug-likeness (QED) is 0.138. The number of carboxylic acids is 1. The van der Waals surface area contributed by atoms with E-state index in [1.807, 2.05) is 0 Å². The number of ketones is 2. The molecule has 0 radical (unpaired) electrons. The number of primary amides is 1. The molecule has 45 heavy (non-hydrogen) atoms. The van der Waals surface area contributed by atoms with Crippen molar-refractivity contribution >= 4 is 29.2 Å². The Morgan fingerprint density at radius 1 is 1.00 bits per heavy atom. The number of carbonyl (C=O) groups excluding carboxylic acids is 3. The fourth-order valence-electron chi connectivity index (χ4n) is 6.96. The highest BCUT2D eigenvalue weighted by Crippen LogP contribution is 2.57. The van der Waals surface area contributed by atoms with E-state index < -0.39 is 123 Å². The standard InChI is InChI=1S/C28H32N2O15/c1-27(42)7-5-4-6-8(44-26-20(36)18(34)19(35)21(45-26)25(40)41)9(7)15(31)10-12(27)17(33)13-14(30(2)3)16(32)11(24(29)39)23(38)28(13,43)22(10)37/h4-6,12-14,17-21,26,31,33-36,38,42-43H,1-3H3,(H2,29,39)(H,40,41)/t12-,13-,14+,17+,18?,19?,20?,21?,26?,27-,28+/m1/s1. The molecule has 244 valence electrons. The summed E-state index contributed by atoms with van der Waals surface area (Å²) >= 11 is 0. The molecule has 1 saturated heterocycles. The van der Waals surface area contributed by atoms with Crippen molar-refractivity contribution in [2.24, 2.45) is 17.6 Å². The molecule has 17 nitrogen and oxygen atoms in total. The second-order valence-electron chi connectivity index (χ2n) is 11.9. The van der Waals surface area contributed by atoms with Gasteiger partial charge in [-0.25, -0.2) is 4.79 Å². The van der Waals surface area contributed by atoms with Crippen molar-refractivity contribution in [2.75, 3.05) is 14.1 Å². The summed E-state index contributed by atoms with van der Waals surface area (Å²) in [5.74, 6) is -12.3. The van der Waals surface area contributed by atoms with Crippen LogP contribution in [0.15, 0.2) is 35.1 Å². The van der Waals surface area contributed by atoms with Gasteiger partial charge < -0.3 is 61.2 Å². The molecule has 1 heterocycles. The number of ether oxygens (including phenoxy) is 2. The normalized spacial score (nSPS) is 39.7. The van der Waals surface area contributed by atoms with Crippen LogP contribution < -0.4 is 10.5 Å². The molecule has 0 spiro atoms. The minimum Gasteiger partial charge on any atom is -0.508 e. The van der Waals surface area contributed by atoms with E-state index in [2.05, 4.69) is 0 Å². The first-order valence-electron chi connectivity index (χ1n) is 13.6. The van der Waals surface area contributed by atoms with Crippen LogP contribution in [0, 0.1) is 11.8 Å². The summed E-state index contributed by atoms with van der Waals surface area (Å²) in [7, 11) is 2.68. The second-order valence-corrected chi connectivity index (χ2v) is 11.9. The van der Waals surface area contributed by atoms with E-state index in [9.17, 15) is 65.1 Å². The second kappa shape index (κ2) is 10.6. The summed E-state index contributed by atoms with van der Waals surface area (Å²) in [6, 6.07) is 2.11. The topological polar surface area (TPSA) is 298 Å². The predicted octanol–water partition coefficient (Wildman–Crippen LogP) is -3.83. The highest BCUT2D eigenvalue weighted by molar-refractivity contribution is 6.24. The van der Waals surface area contributed by atoms with Crippen molar-refractivity contribution in [3.63, 3.8) is 0 Å². The van der Waals surface area contributed by atoms with Crippen LogP contribution >= 0.6 is 0 Å². The summed E-state index contributed by atoms with van der Waals surface area (Å²) in [6.07, 6.45) is -12.2. The highest BCUT2D eigenvalue weighted by atomic mass is 16.7. The van der Waals surface area contributed by atoms with Crippen molar-refractivity contribution in [2.45, 2.75) is 61.0 Å². The summed E-state index contributed by atoms with van der Waals surface area (Å²) < 4.78 is 10.8. The molecule has 1 aromatic carbocycles. The van der Waals surface area contributed by atoms with Crippen LogP contribution in [0.4, 0.5) is 0 Å². The zero-order valence-electron chi connectivity index (χ0n) is 23.9. The number of aliphatic hydroxyl groups is 8. The van der Waals surface area contributed by atoms with Crippen LogP contribution in [-0.2, 0) is 29.5 Å². The van der Waals surface area contributed by atoms with E-state index in [1.165, 1.54) is 31.1 Å². The van der Waals surface area contributed by atoms with Gasteiger partial charge in [-0.3, -0.25) is 19.3 Å². The van der Waals surface area contributed by atoms with E-state index in [1.54, 1.807) is 0 Å². The number of carbonyl (C=O) groups is 4. The molecule has 1 aromatic rings. The van der Waals surface area contributed by atoms with Gasteiger partial charge >= 0.3 is 5.97 Å². The zero-order valence-corrected chi connectivity index (χ0v) is 23.9. The molecule has 17 heteroatoms. The lowest BCUT2D eigenvalue weighted by Gasteiger charge is -2.55. The number of nitrogens with two attached hydrogens (primary N) is 1. The van der Waals surface area contributed by atoms with Gasteiger partial charge in [0.25, 0.3) is 5.91 Å². The zero-order chi connectivity index (χ0) is 33.7. The van der Waals surface area contributed by atoms with Gasteiger partial charge in [-0.2, -0.15) is 0 Å². The predicted molar refractivity (Wildman–Crippen MR) is 145 cm³/mol. The lowest BCUT2D eigenvalue weighted by atomic mass is 9.53. The van der Waals surface area contributed by atoms with Crippen molar-refractivity contribution in [3.8, 4) is 5.75 Å². The fourth-order valence-corrected chi connectivity index (χ4v) is 6.96. The maximum atomic E-state index is 14.2. The monoisotopic (exact) mass is 636 g/mol. The average Bonchev–Trinajstić information content (AvgIpc) is 2.94. The largest absolute Gasteiger partial charge is 0.508 e. The van der Waals surface area contributed by atoms with Gasteiger partial charge in [-0.05, 0) is 32.6 Å². The van der Waals surface area contributed by atoms with Crippen LogP contribution in [0.1, 0.15) is 18.1 Å². The molecule has 4 aliphatic rings. The molecule has 1 amide bonds. The van der Waals surface area contributed by atoms with Crippen molar-refractivity contribution < 1.29 is 74.6 Å². The number of aliphatic carboxylic acids is 1. The Morgan fingerprint density at radius 3 is 2.18 bits per heavy atom. The van der Waals surface area contributed by atoms with Gasteiger partial charge in [0, 0.05) is 0 Å². The Kier molecular flexibility index (Phi) is 7.62. The first-order valence-corrected chi connectivity index (χ1v) is 13.6. The highest BCUT2D eigenvalue weighted by Gasteiger charge is 2.70. The minimum absolute atomic E-state index is 0.176. The summed E-state index contributed by atoms with van der Waals surface area (Å²) in [4.78, 5) is 52.4. The van der Waals surface area contributed by atoms with Gasteiger partial charge in [0.15, 0.2) is 17.5 Å². The van der Waals surface area contributed by atoms with Crippen molar-refractivity contribution in [1.29, 1.82) is 0 Å². The van der Waals surface area contributed by atoms with Crippen LogP contribution in [0.2, 0.25) is 0 Å². The van der Waals surface area contributed by atoms with E-state index in [0.29, 0.717) is 0 Å². The van der Waals surface area contributed by atoms with E-state index in [4.69, 9.17) is 15.2 Å². The number of Topliss-reactive ketones (excluding diaryl/α,β-unsaturated/α-hetero) is 2. The number of nitrogens with zero attached hydrogens (tertiary/aromatic N) is 1. The van der Waals surface area contributed by atoms with Crippen LogP contribution in [0.3, 0.4) is 0 Å². The molecule has 2 fully saturated rings. The van der Waals surface area contributed by atoms with Gasteiger partial charge in [0.05, 0.1) is 40.7 Å². The lowest BCUT2D eigenvalue weighted by molar-refractivity contribution is -0.271. The van der Waals surface area contributed by atoms with Gasteiger partial charge in [0.1, 0.15) is 41.2 Å². The Balaban J connectivity index is 1.71. The van der Waals surface area contributed by atoms with Gasteiger partial charge in [-0.1, -0.05) is 12.1 Å². The van der Waals surface area contributed by atoms with E-state index in [0.717, 1.165) is 13.0 Å². The number of hydrogen-bond acceptors (Lipinski definition) is 15. The molecule has 5 unspecified atom stereocenters. The number of hydrogen-bond donors (Lipinski definition) is 10. The smallest absolute Gasteiger partial charge is 0.335 e. The summed E-state index contributed by atoms with van der Waals surface area (Å²) in [5.41, 5.74) is -2.75. The SMILES string of the molecule is CN(C)[C@@H]1C(=O)C(C(N)=O)=C(O)[C@@]2(O)C(=O)C3=C(O)c4c(OC5OC(C(=O)O)C(O)C(O)C5O)cccc4[C@@](C)(O)[C@H]3[C@H](O)[C@@H]12. The molecule has 0 bridgehead atoms. The van der Waals surface area contributed by atoms with Gasteiger partial charge in [-0.15, -0.1) is 0 Å². The number of benzene rings is 1. The molecule has 1 aliphatic heterocycles. The molecule has 0 aromatic heterocycles. The van der Waals surface area contributed by atoms with Crippen LogP contribution in [0.5, 0.6) is 5.75 Å². The Labute approximate surface area is 253 Å². The molecule has 1 saturated carbocycles. The third kappa shape index (κ3) is 4.31. The maximum absolute atomic E-state index is 14.2. The molecular weight excluding hydrogens is 604 g/mol. The molecule has 11 atom stereocenters. The van der Waals surface area contributed by atoms with E-state index >= 15 is 0 Å². The summed E-state index contributed by atoms with van der Waals surface area (Å²) in [5, 5.41) is 98.0. The number of aliphatic hydroxyl groups excluding tert-OH is 6. The molecule has 3 aliphatic carbocycles. The molecular formula is C28H32N2O15. The van der Waals surface area contributed by atoms with E-state index in [-0.39, 0.29) is 5.56 Å². The number of likely N-dealkylation sites (N-methyl/N-ethyl adjacent to an activating group) is 1. The minimum atomic E-state index is -3.20. The molecule has 11 N–H and O–H groups in total. The first-order chi connectivity index (χ1) is 20.8. The Morgan fingerprint density at radius 2 is 1.62 bits per heavy atom. The average molecular weight is 637 g/mol. The first kappa shape index (κ1) is 32.5. The lowest BCUT2D eigenvalue weighted by Crippen LogP contribution is -2.71. The van der Waals surface area contributed by atoms with Crippen molar-refractivity contribution in [3.05, 3.63) is 46.2 Å². The number of rotatable bonds is 5. The number of fused-ring (bicyclic) bond motifs is 3. The Hall–Kier alpha value is -3.94. The fraction of sp³-hybridized carbons (Fsp3) is 0.500. The third-order valence-electron chi connectivity index (χ3n) is 9.07. The Bertz CT molecular complexity index is 1570. The third-order valence-corrected chi connectivity index (χ3v) is 9.07. The number of carboxylic acid groups (broad SMARTS) is 1.